The minimum Gasteiger partial charge on any atom is -0.469 e. The second kappa shape index (κ2) is 6.36. The Morgan fingerprint density at radius 2 is 2.18 bits per heavy atom. The first-order chi connectivity index (χ1) is 8.10. The molecule has 0 bridgehead atoms. The first-order valence-corrected chi connectivity index (χ1v) is 6.46. The van der Waals surface area contributed by atoms with Crippen LogP contribution in [0, 0.1) is 5.41 Å². The minimum absolute atomic E-state index is 0.00755. The molecule has 1 aliphatic rings. The quantitative estimate of drug-likeness (QED) is 0.749. The topological polar surface area (TPSA) is 61.6 Å². The Bertz CT molecular complexity index is 257. The van der Waals surface area contributed by atoms with Gasteiger partial charge in [0.05, 0.1) is 19.6 Å². The largest absolute Gasteiger partial charge is 0.469 e. The van der Waals surface area contributed by atoms with Gasteiger partial charge in [-0.15, -0.1) is 0 Å². The van der Waals surface area contributed by atoms with E-state index in [0.717, 1.165) is 32.1 Å². The van der Waals surface area contributed by atoms with Gasteiger partial charge < -0.3 is 15.2 Å². The molecular weight excluding hydrogens is 218 g/mol. The molecule has 1 fully saturated rings. The molecule has 0 amide bonds. The van der Waals surface area contributed by atoms with Crippen LogP contribution in [0.2, 0.25) is 0 Å². The van der Waals surface area contributed by atoms with Gasteiger partial charge in [-0.05, 0) is 19.3 Å². The number of rotatable bonds is 5. The zero-order chi connectivity index (χ0) is 12.9. The summed E-state index contributed by atoms with van der Waals surface area (Å²) in [5, 5.41) is 0. The Balaban J connectivity index is 2.93. The zero-order valence-electron chi connectivity index (χ0n) is 11.2. The van der Waals surface area contributed by atoms with E-state index in [0.29, 0.717) is 6.42 Å². The van der Waals surface area contributed by atoms with Crippen molar-refractivity contribution in [1.29, 1.82) is 0 Å². The highest BCUT2D eigenvalue weighted by molar-refractivity contribution is 5.70. The van der Waals surface area contributed by atoms with E-state index in [-0.39, 0.29) is 23.5 Å². The fourth-order valence-corrected chi connectivity index (χ4v) is 3.09. The van der Waals surface area contributed by atoms with Gasteiger partial charge in [0.15, 0.2) is 0 Å². The van der Waals surface area contributed by atoms with Crippen molar-refractivity contribution < 1.29 is 14.3 Å². The lowest BCUT2D eigenvalue weighted by molar-refractivity contribution is -0.149. The van der Waals surface area contributed by atoms with Crippen LogP contribution in [0.1, 0.15) is 45.4 Å². The number of carbonyl (C=O) groups excluding carboxylic acids is 1. The number of hydrogen-bond donors (Lipinski definition) is 1. The Hall–Kier alpha value is -0.610. The molecule has 100 valence electrons. The molecule has 0 aliphatic heterocycles. The maximum absolute atomic E-state index is 11.6. The number of methoxy groups -OCH3 is 2. The van der Waals surface area contributed by atoms with Crippen molar-refractivity contribution in [3.8, 4) is 0 Å². The van der Waals surface area contributed by atoms with Crippen LogP contribution in [-0.4, -0.2) is 32.3 Å². The molecule has 1 saturated carbocycles. The predicted molar refractivity (Wildman–Crippen MR) is 66.6 cm³/mol. The summed E-state index contributed by atoms with van der Waals surface area (Å²) in [5.74, 6) is -0.183. The lowest BCUT2D eigenvalue weighted by Gasteiger charge is -2.46. The van der Waals surface area contributed by atoms with Crippen molar-refractivity contribution in [3.63, 3.8) is 0 Å². The van der Waals surface area contributed by atoms with Crippen LogP contribution in [0.4, 0.5) is 0 Å². The third kappa shape index (κ3) is 2.99. The van der Waals surface area contributed by atoms with E-state index < -0.39 is 0 Å². The summed E-state index contributed by atoms with van der Waals surface area (Å²) < 4.78 is 10.4. The third-order valence-corrected chi connectivity index (χ3v) is 4.16. The van der Waals surface area contributed by atoms with Crippen LogP contribution in [-0.2, 0) is 14.3 Å². The standard InChI is InChI=1S/C13H25NO3/c1-4-10(14)13(9-12(15)17-3)8-6-5-7-11(13)16-2/h10-11H,4-9,14H2,1-3H3. The molecule has 0 heterocycles. The monoisotopic (exact) mass is 243 g/mol. The highest BCUT2D eigenvalue weighted by Crippen LogP contribution is 2.44. The van der Waals surface area contributed by atoms with Crippen molar-refractivity contribution in [2.75, 3.05) is 14.2 Å². The first kappa shape index (κ1) is 14.5. The highest BCUT2D eigenvalue weighted by Gasteiger charge is 2.46. The van der Waals surface area contributed by atoms with E-state index in [1.807, 2.05) is 0 Å². The van der Waals surface area contributed by atoms with Gasteiger partial charge in [-0.2, -0.15) is 0 Å². The molecule has 17 heavy (non-hydrogen) atoms. The van der Waals surface area contributed by atoms with Crippen LogP contribution >= 0.6 is 0 Å². The lowest BCUT2D eigenvalue weighted by Crippen LogP contribution is -2.53. The van der Waals surface area contributed by atoms with E-state index in [1.165, 1.54) is 7.11 Å². The summed E-state index contributed by atoms with van der Waals surface area (Å²) >= 11 is 0. The summed E-state index contributed by atoms with van der Waals surface area (Å²) in [6.07, 6.45) is 5.51. The minimum atomic E-state index is -0.241. The molecule has 0 aromatic rings. The Kier molecular flexibility index (Phi) is 5.40. The average Bonchev–Trinajstić information content (AvgIpc) is 2.37. The number of nitrogens with two attached hydrogens (primary N) is 1. The molecule has 3 atom stereocenters. The van der Waals surface area contributed by atoms with Crippen molar-refractivity contribution in [3.05, 3.63) is 0 Å². The molecule has 0 aromatic heterocycles. The summed E-state index contributed by atoms with van der Waals surface area (Å²) in [6.45, 7) is 2.06. The molecule has 1 aliphatic carbocycles. The van der Waals surface area contributed by atoms with Crippen LogP contribution in [0.3, 0.4) is 0 Å². The third-order valence-electron chi connectivity index (χ3n) is 4.16. The molecule has 2 N–H and O–H groups in total. The lowest BCUT2D eigenvalue weighted by atomic mass is 9.64. The van der Waals surface area contributed by atoms with Gasteiger partial charge in [0.25, 0.3) is 0 Å². The Morgan fingerprint density at radius 1 is 1.47 bits per heavy atom. The normalized spacial score (nSPS) is 30.9. The zero-order valence-corrected chi connectivity index (χ0v) is 11.2. The number of esters is 1. The molecule has 0 spiro atoms. The summed E-state index contributed by atoms with van der Waals surface area (Å²) in [6, 6.07) is -0.00755. The molecule has 0 aromatic carbocycles. The summed E-state index contributed by atoms with van der Waals surface area (Å²) in [4.78, 5) is 11.6. The molecule has 4 heteroatoms. The molecule has 1 rings (SSSR count). The van der Waals surface area contributed by atoms with E-state index in [1.54, 1.807) is 7.11 Å². The van der Waals surface area contributed by atoms with Gasteiger partial charge >= 0.3 is 5.97 Å². The van der Waals surface area contributed by atoms with E-state index in [9.17, 15) is 4.79 Å². The molecule has 3 unspecified atom stereocenters. The van der Waals surface area contributed by atoms with Gasteiger partial charge in [-0.1, -0.05) is 19.8 Å². The van der Waals surface area contributed by atoms with E-state index in [2.05, 4.69) is 6.92 Å². The van der Waals surface area contributed by atoms with Crippen molar-refractivity contribution >= 4 is 5.97 Å². The molecule has 0 saturated heterocycles. The van der Waals surface area contributed by atoms with Crippen molar-refractivity contribution in [2.45, 2.75) is 57.6 Å². The second-order valence-electron chi connectivity index (χ2n) is 4.97. The smallest absolute Gasteiger partial charge is 0.306 e. The first-order valence-electron chi connectivity index (χ1n) is 6.46. The number of hydrogen-bond acceptors (Lipinski definition) is 4. The van der Waals surface area contributed by atoms with Crippen molar-refractivity contribution in [2.24, 2.45) is 11.1 Å². The predicted octanol–water partition coefficient (Wildman–Crippen LogP) is 1.86. The van der Waals surface area contributed by atoms with Crippen LogP contribution in [0.5, 0.6) is 0 Å². The van der Waals surface area contributed by atoms with Crippen LogP contribution in [0.25, 0.3) is 0 Å². The van der Waals surface area contributed by atoms with Gasteiger partial charge in [-0.3, -0.25) is 4.79 Å². The SMILES string of the molecule is CCC(N)C1(CC(=O)OC)CCCCC1OC. The number of ether oxygens (including phenoxy) is 2. The fourth-order valence-electron chi connectivity index (χ4n) is 3.09. The maximum atomic E-state index is 11.6. The Morgan fingerprint density at radius 3 is 2.71 bits per heavy atom. The fraction of sp³-hybridized carbons (Fsp3) is 0.923. The molecular formula is C13H25NO3. The van der Waals surface area contributed by atoms with E-state index in [4.69, 9.17) is 15.2 Å². The maximum Gasteiger partial charge on any atom is 0.306 e. The highest BCUT2D eigenvalue weighted by atomic mass is 16.5. The van der Waals surface area contributed by atoms with Gasteiger partial charge in [-0.25, -0.2) is 0 Å². The second-order valence-corrected chi connectivity index (χ2v) is 4.97. The summed E-state index contributed by atoms with van der Waals surface area (Å²) in [7, 11) is 3.14. The van der Waals surface area contributed by atoms with Gasteiger partial charge in [0, 0.05) is 18.6 Å². The molecule has 0 radical (unpaired) electrons. The molecule has 4 nitrogen and oxygen atoms in total. The van der Waals surface area contributed by atoms with Crippen LogP contribution < -0.4 is 5.73 Å². The summed E-state index contributed by atoms with van der Waals surface area (Å²) in [5.41, 5.74) is 6.02. The van der Waals surface area contributed by atoms with Crippen LogP contribution in [0.15, 0.2) is 0 Å². The number of carbonyl (C=O) groups is 1. The van der Waals surface area contributed by atoms with E-state index >= 15 is 0 Å². The Labute approximate surface area is 104 Å². The van der Waals surface area contributed by atoms with Crippen molar-refractivity contribution in [1.82, 2.24) is 0 Å². The van der Waals surface area contributed by atoms with Gasteiger partial charge in [0.1, 0.15) is 0 Å². The average molecular weight is 243 g/mol. The van der Waals surface area contributed by atoms with Gasteiger partial charge in [0.2, 0.25) is 0 Å².